The molecular formula is C19H12Cl2N6O4. The summed E-state index contributed by atoms with van der Waals surface area (Å²) in [4.78, 5) is 41.3. The largest absolute Gasteiger partial charge is 0.434 e. The second-order valence-corrected chi connectivity index (χ2v) is 7.14. The second-order valence-electron chi connectivity index (χ2n) is 6.33. The summed E-state index contributed by atoms with van der Waals surface area (Å²) in [6.07, 6.45) is 2.54. The topological polar surface area (TPSA) is 136 Å². The van der Waals surface area contributed by atoms with Crippen LogP contribution in [0.1, 0.15) is 5.69 Å². The Hall–Kier alpha value is -3.76. The Bertz CT molecular complexity index is 1450. The molecule has 0 saturated heterocycles. The predicted molar refractivity (Wildman–Crippen MR) is 113 cm³/mol. The third kappa shape index (κ3) is 4.25. The van der Waals surface area contributed by atoms with Gasteiger partial charge in [-0.15, -0.1) is 5.10 Å². The van der Waals surface area contributed by atoms with Gasteiger partial charge in [-0.2, -0.15) is 9.78 Å². The maximum Gasteiger partial charge on any atom is 0.349 e. The van der Waals surface area contributed by atoms with Crippen LogP contribution >= 0.6 is 23.2 Å². The standard InChI is InChI=1S/C19H12Cl2N6O4/c1-9-4-10(2-3-22-9)12-7-15(28)25-26-18(12)31-17-13(20)5-11(6-14(17)21)27-19(30)24-16(29)8-23-27/h2-8H,1H3,(H,25,28)(H,24,29,30). The molecule has 3 heterocycles. The Labute approximate surface area is 183 Å². The van der Waals surface area contributed by atoms with E-state index in [9.17, 15) is 14.4 Å². The summed E-state index contributed by atoms with van der Waals surface area (Å²) in [7, 11) is 0. The van der Waals surface area contributed by atoms with Crippen molar-refractivity contribution in [2.45, 2.75) is 6.92 Å². The molecule has 0 saturated carbocycles. The molecule has 31 heavy (non-hydrogen) atoms. The van der Waals surface area contributed by atoms with Crippen LogP contribution < -0.4 is 21.5 Å². The van der Waals surface area contributed by atoms with E-state index in [1.165, 1.54) is 18.2 Å². The van der Waals surface area contributed by atoms with Crippen molar-refractivity contribution < 1.29 is 4.74 Å². The number of aryl methyl sites for hydroxylation is 1. The number of nitrogens with one attached hydrogen (secondary N) is 2. The van der Waals surface area contributed by atoms with Gasteiger partial charge in [-0.25, -0.2) is 9.89 Å². The second kappa shape index (κ2) is 8.17. The zero-order valence-corrected chi connectivity index (χ0v) is 17.2. The summed E-state index contributed by atoms with van der Waals surface area (Å²) in [6, 6.07) is 7.58. The van der Waals surface area contributed by atoms with Crippen molar-refractivity contribution in [3.05, 3.63) is 89.7 Å². The number of aromatic nitrogens is 6. The molecule has 2 N–H and O–H groups in total. The molecule has 10 nitrogen and oxygen atoms in total. The van der Waals surface area contributed by atoms with E-state index < -0.39 is 16.8 Å². The summed E-state index contributed by atoms with van der Waals surface area (Å²) in [5, 5.41) is 10.1. The summed E-state index contributed by atoms with van der Waals surface area (Å²) in [5.74, 6) is 0.109. The van der Waals surface area contributed by atoms with Crippen LogP contribution in [-0.2, 0) is 0 Å². The lowest BCUT2D eigenvalue weighted by Crippen LogP contribution is -2.30. The van der Waals surface area contributed by atoms with Crippen molar-refractivity contribution >= 4 is 23.2 Å². The molecule has 0 amide bonds. The average molecular weight is 459 g/mol. The first-order valence-electron chi connectivity index (χ1n) is 8.70. The van der Waals surface area contributed by atoms with Gasteiger partial charge in [0.2, 0.25) is 5.88 Å². The number of halogens is 2. The number of pyridine rings is 1. The van der Waals surface area contributed by atoms with Gasteiger partial charge in [0.05, 0.1) is 21.3 Å². The number of nitrogens with zero attached hydrogens (tertiary/aromatic N) is 4. The normalized spacial score (nSPS) is 10.8. The molecule has 0 radical (unpaired) electrons. The van der Waals surface area contributed by atoms with Crippen molar-refractivity contribution in [3.63, 3.8) is 0 Å². The minimum absolute atomic E-state index is 0.0484. The quantitative estimate of drug-likeness (QED) is 0.479. The van der Waals surface area contributed by atoms with E-state index in [1.54, 1.807) is 18.3 Å². The summed E-state index contributed by atoms with van der Waals surface area (Å²) >= 11 is 12.7. The zero-order valence-electron chi connectivity index (χ0n) is 15.7. The molecule has 0 unspecified atom stereocenters. The van der Waals surface area contributed by atoms with Crippen molar-refractivity contribution in [1.82, 2.24) is 29.9 Å². The molecule has 0 aliphatic rings. The molecule has 0 atom stereocenters. The molecule has 156 valence electrons. The number of H-pyrrole nitrogens is 2. The van der Waals surface area contributed by atoms with Gasteiger partial charge >= 0.3 is 5.69 Å². The molecule has 0 bridgehead atoms. The highest BCUT2D eigenvalue weighted by Gasteiger charge is 2.17. The zero-order chi connectivity index (χ0) is 22.1. The number of benzene rings is 1. The Kier molecular flexibility index (Phi) is 5.40. The first kappa shape index (κ1) is 20.5. The van der Waals surface area contributed by atoms with Gasteiger partial charge in [0, 0.05) is 18.0 Å². The minimum atomic E-state index is -0.758. The number of aromatic amines is 2. The van der Waals surface area contributed by atoms with Gasteiger partial charge in [-0.05, 0) is 36.8 Å². The van der Waals surface area contributed by atoms with Gasteiger partial charge in [0.15, 0.2) is 5.75 Å². The van der Waals surface area contributed by atoms with Crippen LogP contribution in [0.4, 0.5) is 0 Å². The fraction of sp³-hybridized carbons (Fsp3) is 0.0526. The lowest BCUT2D eigenvalue weighted by molar-refractivity contribution is 0.456. The van der Waals surface area contributed by atoms with E-state index in [2.05, 4.69) is 25.3 Å². The van der Waals surface area contributed by atoms with Crippen molar-refractivity contribution in [1.29, 1.82) is 0 Å². The lowest BCUT2D eigenvalue weighted by Gasteiger charge is -2.13. The fourth-order valence-electron chi connectivity index (χ4n) is 2.79. The van der Waals surface area contributed by atoms with Crippen LogP contribution in [0.5, 0.6) is 11.6 Å². The van der Waals surface area contributed by atoms with Gasteiger partial charge in [-0.1, -0.05) is 23.2 Å². The predicted octanol–water partition coefficient (Wildman–Crippen LogP) is 2.47. The number of hydrogen-bond donors (Lipinski definition) is 2. The number of rotatable bonds is 4. The smallest absolute Gasteiger partial charge is 0.349 e. The van der Waals surface area contributed by atoms with Gasteiger partial charge < -0.3 is 4.74 Å². The van der Waals surface area contributed by atoms with E-state index in [4.69, 9.17) is 27.9 Å². The summed E-state index contributed by atoms with van der Waals surface area (Å²) in [5.41, 5.74) is 0.198. The number of ether oxygens (including phenoxy) is 1. The maximum absolute atomic E-state index is 12.0. The molecule has 4 aromatic rings. The molecule has 1 aromatic carbocycles. The SMILES string of the molecule is Cc1cc(-c2cc(=O)[nH]nc2Oc2c(Cl)cc(-n3ncc(=O)[nH]c3=O)cc2Cl)ccn1. The highest BCUT2D eigenvalue weighted by atomic mass is 35.5. The van der Waals surface area contributed by atoms with Crippen molar-refractivity contribution in [2.75, 3.05) is 0 Å². The van der Waals surface area contributed by atoms with E-state index in [-0.39, 0.29) is 27.4 Å². The third-order valence-electron chi connectivity index (χ3n) is 4.12. The van der Waals surface area contributed by atoms with Crippen LogP contribution in [0, 0.1) is 6.92 Å². The Morgan fingerprint density at radius 1 is 1.03 bits per heavy atom. The maximum atomic E-state index is 12.0. The van der Waals surface area contributed by atoms with Gasteiger partial charge in [-0.3, -0.25) is 19.6 Å². The fourth-order valence-corrected chi connectivity index (χ4v) is 3.34. The van der Waals surface area contributed by atoms with Gasteiger partial charge in [0.1, 0.15) is 6.20 Å². The van der Waals surface area contributed by atoms with E-state index in [1.807, 2.05) is 6.92 Å². The molecule has 0 spiro atoms. The first-order valence-corrected chi connectivity index (χ1v) is 9.46. The Morgan fingerprint density at radius 3 is 2.45 bits per heavy atom. The van der Waals surface area contributed by atoms with Crippen molar-refractivity contribution in [3.8, 4) is 28.4 Å². The van der Waals surface area contributed by atoms with Crippen LogP contribution in [0.3, 0.4) is 0 Å². The van der Waals surface area contributed by atoms with Crippen LogP contribution in [-0.4, -0.2) is 29.9 Å². The highest BCUT2D eigenvalue weighted by Crippen LogP contribution is 2.39. The van der Waals surface area contributed by atoms with E-state index in [0.717, 1.165) is 16.6 Å². The van der Waals surface area contributed by atoms with Crippen LogP contribution in [0.25, 0.3) is 16.8 Å². The monoisotopic (exact) mass is 458 g/mol. The summed E-state index contributed by atoms with van der Waals surface area (Å²) in [6.45, 7) is 1.81. The molecule has 0 fully saturated rings. The van der Waals surface area contributed by atoms with Crippen LogP contribution in [0.2, 0.25) is 10.0 Å². The minimum Gasteiger partial charge on any atom is -0.434 e. The number of hydrogen-bond acceptors (Lipinski definition) is 7. The molecule has 0 aliphatic carbocycles. The third-order valence-corrected chi connectivity index (χ3v) is 4.68. The Morgan fingerprint density at radius 2 is 1.77 bits per heavy atom. The van der Waals surface area contributed by atoms with Gasteiger partial charge in [0.25, 0.3) is 11.1 Å². The average Bonchev–Trinajstić information content (AvgIpc) is 2.71. The lowest BCUT2D eigenvalue weighted by atomic mass is 10.1. The molecular weight excluding hydrogens is 447 g/mol. The molecule has 4 rings (SSSR count). The molecule has 0 aliphatic heterocycles. The molecule has 12 heteroatoms. The van der Waals surface area contributed by atoms with Crippen molar-refractivity contribution in [2.24, 2.45) is 0 Å². The Balaban J connectivity index is 1.78. The highest BCUT2D eigenvalue weighted by molar-refractivity contribution is 6.37. The van der Waals surface area contributed by atoms with E-state index in [0.29, 0.717) is 11.1 Å². The van der Waals surface area contributed by atoms with Crippen LogP contribution in [0.15, 0.2) is 57.1 Å². The first-order chi connectivity index (χ1) is 14.8. The summed E-state index contributed by atoms with van der Waals surface area (Å²) < 4.78 is 6.75. The molecule has 3 aromatic heterocycles. The van der Waals surface area contributed by atoms with E-state index >= 15 is 0 Å².